The van der Waals surface area contributed by atoms with Crippen molar-refractivity contribution >= 4 is 0 Å². The Morgan fingerprint density at radius 2 is 2.08 bits per heavy atom. The van der Waals surface area contributed by atoms with Gasteiger partial charge in [-0.15, -0.1) is 0 Å². The smallest absolute Gasteiger partial charge is 0.0599 e. The molecule has 13 heavy (non-hydrogen) atoms. The van der Waals surface area contributed by atoms with E-state index in [0.717, 1.165) is 19.6 Å². The molecule has 0 aromatic carbocycles. The highest BCUT2D eigenvalue weighted by molar-refractivity contribution is 4.93. The van der Waals surface area contributed by atoms with Crippen LogP contribution >= 0.6 is 0 Å². The number of likely N-dealkylation sites (N-methyl/N-ethyl adjacent to an activating group) is 2. The predicted octanol–water partition coefficient (Wildman–Crippen LogP) is 0.393. The van der Waals surface area contributed by atoms with Crippen LogP contribution in [0, 0.1) is 0 Å². The highest BCUT2D eigenvalue weighted by Crippen LogP contribution is 2.22. The van der Waals surface area contributed by atoms with E-state index in [1.165, 1.54) is 0 Å². The number of rotatable bonds is 2. The molecule has 1 atom stereocenters. The minimum absolute atomic E-state index is 0.182. The monoisotopic (exact) mass is 186 g/mol. The number of hydrogen-bond donors (Lipinski definition) is 1. The lowest BCUT2D eigenvalue weighted by Crippen LogP contribution is -2.63. The van der Waals surface area contributed by atoms with Gasteiger partial charge in [0.05, 0.1) is 6.61 Å². The van der Waals surface area contributed by atoms with Crippen LogP contribution in [-0.4, -0.2) is 59.8 Å². The summed E-state index contributed by atoms with van der Waals surface area (Å²) in [7, 11) is 2.11. The Balaban J connectivity index is 2.69. The first kappa shape index (κ1) is 11.0. The summed E-state index contributed by atoms with van der Waals surface area (Å²) < 4.78 is 0. The van der Waals surface area contributed by atoms with Crippen molar-refractivity contribution in [2.24, 2.45) is 0 Å². The van der Waals surface area contributed by atoms with Crippen molar-refractivity contribution in [2.75, 3.05) is 33.3 Å². The summed E-state index contributed by atoms with van der Waals surface area (Å²) in [4.78, 5) is 4.69. The number of aliphatic hydroxyl groups excluding tert-OH is 1. The number of aliphatic hydroxyl groups is 1. The summed E-state index contributed by atoms with van der Waals surface area (Å²) in [5, 5.41) is 9.24. The molecule has 1 unspecified atom stereocenters. The molecule has 1 aliphatic rings. The average Bonchev–Trinajstić information content (AvgIpc) is 2.09. The zero-order valence-corrected chi connectivity index (χ0v) is 9.25. The van der Waals surface area contributed by atoms with Gasteiger partial charge in [0.1, 0.15) is 0 Å². The fourth-order valence-corrected chi connectivity index (χ4v) is 2.06. The minimum Gasteiger partial charge on any atom is -0.395 e. The summed E-state index contributed by atoms with van der Waals surface area (Å²) in [6, 6.07) is 0.295. The van der Waals surface area contributed by atoms with E-state index in [0.29, 0.717) is 6.04 Å². The SMILES string of the molecule is CCN1CC(CO)N(C)C(C)(C)C1. The van der Waals surface area contributed by atoms with Crippen LogP contribution in [0.3, 0.4) is 0 Å². The molecule has 1 heterocycles. The second-order valence-corrected chi connectivity index (χ2v) is 4.59. The summed E-state index contributed by atoms with van der Waals surface area (Å²) in [5.41, 5.74) is 0.182. The molecule has 0 radical (unpaired) electrons. The fourth-order valence-electron chi connectivity index (χ4n) is 2.06. The second-order valence-electron chi connectivity index (χ2n) is 4.59. The van der Waals surface area contributed by atoms with Gasteiger partial charge in [0.2, 0.25) is 0 Å². The number of hydrogen-bond acceptors (Lipinski definition) is 3. The van der Waals surface area contributed by atoms with Crippen molar-refractivity contribution in [1.29, 1.82) is 0 Å². The normalized spacial score (nSPS) is 30.7. The van der Waals surface area contributed by atoms with Gasteiger partial charge in [0.25, 0.3) is 0 Å². The molecule has 0 aromatic heterocycles. The second kappa shape index (κ2) is 3.95. The van der Waals surface area contributed by atoms with Crippen molar-refractivity contribution in [3.63, 3.8) is 0 Å². The Morgan fingerprint density at radius 3 is 2.54 bits per heavy atom. The molecule has 0 amide bonds. The Kier molecular flexibility index (Phi) is 3.33. The van der Waals surface area contributed by atoms with Gasteiger partial charge in [-0.3, -0.25) is 4.90 Å². The van der Waals surface area contributed by atoms with E-state index in [1.807, 2.05) is 0 Å². The number of piperazine rings is 1. The van der Waals surface area contributed by atoms with E-state index in [1.54, 1.807) is 0 Å². The predicted molar refractivity (Wildman–Crippen MR) is 54.8 cm³/mol. The summed E-state index contributed by atoms with van der Waals surface area (Å²) in [5.74, 6) is 0. The van der Waals surface area contributed by atoms with Crippen molar-refractivity contribution in [2.45, 2.75) is 32.4 Å². The van der Waals surface area contributed by atoms with E-state index in [4.69, 9.17) is 0 Å². The molecule has 78 valence electrons. The standard InChI is InChI=1S/C10H22N2O/c1-5-12-6-9(7-13)11(4)10(2,3)8-12/h9,13H,5-8H2,1-4H3. The molecular formula is C10H22N2O. The van der Waals surface area contributed by atoms with E-state index >= 15 is 0 Å². The maximum absolute atomic E-state index is 9.24. The van der Waals surface area contributed by atoms with Gasteiger partial charge < -0.3 is 10.0 Å². The molecule has 0 spiro atoms. The van der Waals surface area contributed by atoms with Gasteiger partial charge in [0, 0.05) is 24.7 Å². The highest BCUT2D eigenvalue weighted by Gasteiger charge is 2.36. The molecular weight excluding hydrogens is 164 g/mol. The summed E-state index contributed by atoms with van der Waals surface area (Å²) in [6.07, 6.45) is 0. The van der Waals surface area contributed by atoms with Crippen molar-refractivity contribution in [3.05, 3.63) is 0 Å². The fraction of sp³-hybridized carbons (Fsp3) is 1.00. The van der Waals surface area contributed by atoms with Crippen LogP contribution in [0.4, 0.5) is 0 Å². The van der Waals surface area contributed by atoms with Crippen LogP contribution in [-0.2, 0) is 0 Å². The molecule has 0 aliphatic carbocycles. The quantitative estimate of drug-likeness (QED) is 0.676. The van der Waals surface area contributed by atoms with Crippen LogP contribution in [0.2, 0.25) is 0 Å². The highest BCUT2D eigenvalue weighted by atomic mass is 16.3. The minimum atomic E-state index is 0.182. The Bertz CT molecular complexity index is 170. The third-order valence-corrected chi connectivity index (χ3v) is 3.24. The van der Waals surface area contributed by atoms with Crippen LogP contribution in [0.15, 0.2) is 0 Å². The summed E-state index contributed by atoms with van der Waals surface area (Å²) >= 11 is 0. The van der Waals surface area contributed by atoms with Crippen molar-refractivity contribution in [1.82, 2.24) is 9.80 Å². The first-order chi connectivity index (χ1) is 6.01. The van der Waals surface area contributed by atoms with E-state index in [-0.39, 0.29) is 12.1 Å². The molecule has 0 bridgehead atoms. The summed E-state index contributed by atoms with van der Waals surface area (Å²) in [6.45, 7) is 10.1. The maximum Gasteiger partial charge on any atom is 0.0599 e. The van der Waals surface area contributed by atoms with Crippen molar-refractivity contribution < 1.29 is 5.11 Å². The lowest BCUT2D eigenvalue weighted by Gasteiger charge is -2.49. The molecule has 1 N–H and O–H groups in total. The zero-order valence-electron chi connectivity index (χ0n) is 9.25. The first-order valence-electron chi connectivity index (χ1n) is 5.07. The Morgan fingerprint density at radius 1 is 1.46 bits per heavy atom. The van der Waals surface area contributed by atoms with Gasteiger partial charge in [-0.2, -0.15) is 0 Å². The molecule has 3 heteroatoms. The van der Waals surface area contributed by atoms with Gasteiger partial charge in [-0.25, -0.2) is 0 Å². The Labute approximate surface area is 81.3 Å². The molecule has 1 fully saturated rings. The van der Waals surface area contributed by atoms with Crippen molar-refractivity contribution in [3.8, 4) is 0 Å². The zero-order chi connectivity index (χ0) is 10.1. The van der Waals surface area contributed by atoms with E-state index in [2.05, 4.69) is 37.6 Å². The molecule has 0 aromatic rings. The molecule has 0 saturated carbocycles. The molecule has 1 saturated heterocycles. The lowest BCUT2D eigenvalue weighted by molar-refractivity contribution is -0.0247. The topological polar surface area (TPSA) is 26.7 Å². The number of nitrogens with zero attached hydrogens (tertiary/aromatic N) is 2. The molecule has 1 aliphatic heterocycles. The lowest BCUT2D eigenvalue weighted by atomic mass is 9.96. The molecule has 1 rings (SSSR count). The van der Waals surface area contributed by atoms with Crippen LogP contribution in [0.25, 0.3) is 0 Å². The third-order valence-electron chi connectivity index (χ3n) is 3.24. The van der Waals surface area contributed by atoms with Gasteiger partial charge >= 0.3 is 0 Å². The third kappa shape index (κ3) is 2.22. The van der Waals surface area contributed by atoms with Gasteiger partial charge in [-0.05, 0) is 27.4 Å². The van der Waals surface area contributed by atoms with Gasteiger partial charge in [-0.1, -0.05) is 6.92 Å². The van der Waals surface area contributed by atoms with Crippen LogP contribution < -0.4 is 0 Å². The van der Waals surface area contributed by atoms with E-state index < -0.39 is 0 Å². The molecule has 3 nitrogen and oxygen atoms in total. The van der Waals surface area contributed by atoms with Crippen LogP contribution in [0.5, 0.6) is 0 Å². The largest absolute Gasteiger partial charge is 0.395 e. The first-order valence-corrected chi connectivity index (χ1v) is 5.07. The van der Waals surface area contributed by atoms with E-state index in [9.17, 15) is 5.11 Å². The average molecular weight is 186 g/mol. The van der Waals surface area contributed by atoms with Gasteiger partial charge in [0.15, 0.2) is 0 Å². The van der Waals surface area contributed by atoms with Crippen LogP contribution in [0.1, 0.15) is 20.8 Å². The Hall–Kier alpha value is -0.120. The maximum atomic E-state index is 9.24.